The van der Waals surface area contributed by atoms with Crippen LogP contribution in [0.2, 0.25) is 0 Å². The smallest absolute Gasteiger partial charge is 0.338 e. The Morgan fingerprint density at radius 3 is 2.25 bits per heavy atom. The van der Waals surface area contributed by atoms with Gasteiger partial charge < -0.3 is 19.5 Å². The van der Waals surface area contributed by atoms with Gasteiger partial charge in [-0.3, -0.25) is 10.1 Å². The summed E-state index contributed by atoms with van der Waals surface area (Å²) in [5.74, 6) is -0.590. The molecule has 0 saturated heterocycles. The van der Waals surface area contributed by atoms with Crippen molar-refractivity contribution in [3.8, 4) is 11.5 Å². The van der Waals surface area contributed by atoms with Crippen molar-refractivity contribution in [2.45, 2.75) is 6.92 Å². The van der Waals surface area contributed by atoms with Crippen LogP contribution >= 0.6 is 0 Å². The van der Waals surface area contributed by atoms with Gasteiger partial charge in [-0.2, -0.15) is 0 Å². The summed E-state index contributed by atoms with van der Waals surface area (Å²) < 4.78 is 15.2. The summed E-state index contributed by atoms with van der Waals surface area (Å²) in [4.78, 5) is 34.8. The number of esters is 1. The molecular weight excluding hydrogens is 316 g/mol. The quantitative estimate of drug-likeness (QED) is 0.572. The largest absolute Gasteiger partial charge is 0.496 e. The molecule has 2 N–H and O–H groups in total. The summed E-state index contributed by atoms with van der Waals surface area (Å²) in [6.45, 7) is 4.81. The number of benzene rings is 1. The molecule has 1 rings (SSSR count). The molecule has 0 saturated carbocycles. The molecule has 130 valence electrons. The van der Waals surface area contributed by atoms with Crippen LogP contribution in [-0.4, -0.2) is 45.3 Å². The fourth-order valence-electron chi connectivity index (χ4n) is 1.79. The monoisotopic (exact) mass is 336 g/mol. The Labute approximate surface area is 139 Å². The minimum atomic E-state index is -0.754. The van der Waals surface area contributed by atoms with E-state index in [0.717, 1.165) is 5.56 Å². The van der Waals surface area contributed by atoms with Crippen molar-refractivity contribution in [2.24, 2.45) is 0 Å². The highest BCUT2D eigenvalue weighted by atomic mass is 16.5. The summed E-state index contributed by atoms with van der Waals surface area (Å²) in [6, 6.07) is 2.26. The van der Waals surface area contributed by atoms with Crippen molar-refractivity contribution in [1.82, 2.24) is 10.6 Å². The van der Waals surface area contributed by atoms with E-state index in [0.29, 0.717) is 11.5 Å². The average Bonchev–Trinajstić information content (AvgIpc) is 2.57. The van der Waals surface area contributed by atoms with E-state index < -0.39 is 24.5 Å². The van der Waals surface area contributed by atoms with Crippen molar-refractivity contribution in [3.63, 3.8) is 0 Å². The minimum absolute atomic E-state index is 0.165. The lowest BCUT2D eigenvalue weighted by Gasteiger charge is -2.12. The zero-order chi connectivity index (χ0) is 18.1. The van der Waals surface area contributed by atoms with Crippen molar-refractivity contribution in [3.05, 3.63) is 35.9 Å². The summed E-state index contributed by atoms with van der Waals surface area (Å²) in [7, 11) is 2.93. The number of hydrogen-bond acceptors (Lipinski definition) is 6. The molecule has 0 aliphatic carbocycles. The number of amides is 3. The Morgan fingerprint density at radius 1 is 1.17 bits per heavy atom. The first-order valence-electron chi connectivity index (χ1n) is 7.01. The average molecular weight is 336 g/mol. The Kier molecular flexibility index (Phi) is 7.28. The van der Waals surface area contributed by atoms with E-state index in [-0.39, 0.29) is 12.1 Å². The number of methoxy groups -OCH3 is 2. The van der Waals surface area contributed by atoms with Gasteiger partial charge in [-0.15, -0.1) is 6.58 Å². The first-order chi connectivity index (χ1) is 11.4. The number of hydrogen-bond donors (Lipinski definition) is 2. The van der Waals surface area contributed by atoms with E-state index in [1.165, 1.54) is 32.4 Å². The molecular formula is C16H20N2O6. The Balaban J connectivity index is 2.67. The van der Waals surface area contributed by atoms with Crippen LogP contribution in [0.1, 0.15) is 15.9 Å². The molecule has 0 unspecified atom stereocenters. The number of nitrogens with one attached hydrogen (secondary N) is 2. The van der Waals surface area contributed by atoms with Crippen molar-refractivity contribution in [1.29, 1.82) is 0 Å². The zero-order valence-corrected chi connectivity index (χ0v) is 13.8. The molecule has 0 bridgehead atoms. The molecule has 0 aromatic heterocycles. The van der Waals surface area contributed by atoms with Gasteiger partial charge in [-0.25, -0.2) is 9.59 Å². The summed E-state index contributed by atoms with van der Waals surface area (Å²) in [5.41, 5.74) is 0.895. The number of carbonyl (C=O) groups is 3. The summed E-state index contributed by atoms with van der Waals surface area (Å²) in [6.07, 6.45) is 1.46. The van der Waals surface area contributed by atoms with Gasteiger partial charge >= 0.3 is 12.0 Å². The maximum atomic E-state index is 12.0. The highest BCUT2D eigenvalue weighted by Crippen LogP contribution is 2.29. The van der Waals surface area contributed by atoms with E-state index in [4.69, 9.17) is 14.2 Å². The number of rotatable bonds is 7. The van der Waals surface area contributed by atoms with Gasteiger partial charge in [0.15, 0.2) is 6.61 Å². The molecule has 0 fully saturated rings. The van der Waals surface area contributed by atoms with Crippen LogP contribution in [-0.2, 0) is 9.53 Å². The summed E-state index contributed by atoms with van der Waals surface area (Å²) >= 11 is 0. The first-order valence-corrected chi connectivity index (χ1v) is 7.01. The van der Waals surface area contributed by atoms with Crippen LogP contribution in [0.25, 0.3) is 0 Å². The number of ether oxygens (including phenoxy) is 3. The minimum Gasteiger partial charge on any atom is -0.496 e. The number of carbonyl (C=O) groups excluding carboxylic acids is 3. The molecule has 0 aliphatic heterocycles. The lowest BCUT2D eigenvalue weighted by Crippen LogP contribution is -2.41. The van der Waals surface area contributed by atoms with E-state index in [1.807, 2.05) is 5.32 Å². The van der Waals surface area contributed by atoms with Crippen molar-refractivity contribution < 1.29 is 28.6 Å². The van der Waals surface area contributed by atoms with Gasteiger partial charge in [0.1, 0.15) is 11.5 Å². The van der Waals surface area contributed by atoms with Gasteiger partial charge in [0.25, 0.3) is 5.91 Å². The zero-order valence-electron chi connectivity index (χ0n) is 13.8. The fourth-order valence-corrected chi connectivity index (χ4v) is 1.79. The van der Waals surface area contributed by atoms with Crippen LogP contribution in [0.3, 0.4) is 0 Å². The predicted octanol–water partition coefficient (Wildman–Crippen LogP) is 1.18. The van der Waals surface area contributed by atoms with Crippen LogP contribution in [0.4, 0.5) is 4.79 Å². The van der Waals surface area contributed by atoms with Gasteiger partial charge in [0.2, 0.25) is 0 Å². The molecule has 0 heterocycles. The second kappa shape index (κ2) is 9.19. The van der Waals surface area contributed by atoms with Crippen LogP contribution in [0, 0.1) is 6.92 Å². The summed E-state index contributed by atoms with van der Waals surface area (Å²) in [5, 5.41) is 4.37. The third kappa shape index (κ3) is 5.31. The SMILES string of the molecule is C=CCNC(=O)NC(=O)COC(=O)c1cc(OC)c(C)c(OC)c1. The normalized spacial score (nSPS) is 9.62. The predicted molar refractivity (Wildman–Crippen MR) is 86.3 cm³/mol. The molecule has 1 aromatic rings. The molecule has 0 spiro atoms. The van der Waals surface area contributed by atoms with Crippen LogP contribution in [0.15, 0.2) is 24.8 Å². The molecule has 3 amide bonds. The maximum absolute atomic E-state index is 12.0. The lowest BCUT2D eigenvalue weighted by molar-refractivity contribution is -0.123. The molecule has 0 aliphatic rings. The van der Waals surface area contributed by atoms with E-state index in [9.17, 15) is 14.4 Å². The van der Waals surface area contributed by atoms with Crippen LogP contribution < -0.4 is 20.1 Å². The van der Waals surface area contributed by atoms with E-state index >= 15 is 0 Å². The second-order valence-electron chi connectivity index (χ2n) is 4.63. The van der Waals surface area contributed by atoms with Crippen LogP contribution in [0.5, 0.6) is 11.5 Å². The maximum Gasteiger partial charge on any atom is 0.338 e. The third-order valence-corrected chi connectivity index (χ3v) is 2.98. The second-order valence-corrected chi connectivity index (χ2v) is 4.63. The van der Waals surface area contributed by atoms with E-state index in [2.05, 4.69) is 11.9 Å². The third-order valence-electron chi connectivity index (χ3n) is 2.98. The van der Waals surface area contributed by atoms with Crippen molar-refractivity contribution in [2.75, 3.05) is 27.4 Å². The Morgan fingerprint density at radius 2 is 1.75 bits per heavy atom. The molecule has 8 nitrogen and oxygen atoms in total. The first kappa shape index (κ1) is 19.0. The van der Waals surface area contributed by atoms with Gasteiger partial charge in [0, 0.05) is 12.1 Å². The fraction of sp³-hybridized carbons (Fsp3) is 0.312. The van der Waals surface area contributed by atoms with Gasteiger partial charge in [0.05, 0.1) is 19.8 Å². The number of imide groups is 1. The molecule has 8 heteroatoms. The number of urea groups is 1. The molecule has 0 radical (unpaired) electrons. The lowest BCUT2D eigenvalue weighted by atomic mass is 10.1. The van der Waals surface area contributed by atoms with Crippen molar-refractivity contribution >= 4 is 17.9 Å². The van der Waals surface area contributed by atoms with Gasteiger partial charge in [-0.05, 0) is 19.1 Å². The highest BCUT2D eigenvalue weighted by molar-refractivity contribution is 5.97. The molecule has 0 atom stereocenters. The Hall–Kier alpha value is -3.03. The topological polar surface area (TPSA) is 103 Å². The van der Waals surface area contributed by atoms with Gasteiger partial charge in [-0.1, -0.05) is 6.08 Å². The standard InChI is InChI=1S/C16H20N2O6/c1-5-6-17-16(21)18-14(19)9-24-15(20)11-7-12(22-3)10(2)13(8-11)23-4/h5,7-8H,1,6,9H2,2-4H3,(H2,17,18,19,21). The highest BCUT2D eigenvalue weighted by Gasteiger charge is 2.16. The molecule has 24 heavy (non-hydrogen) atoms. The molecule has 1 aromatic carbocycles. The Bertz CT molecular complexity index is 616. The van der Waals surface area contributed by atoms with E-state index in [1.54, 1.807) is 6.92 Å².